The van der Waals surface area contributed by atoms with Crippen molar-refractivity contribution in [3.8, 4) is 34.2 Å². The Bertz CT molecular complexity index is 2540. The van der Waals surface area contributed by atoms with Gasteiger partial charge < -0.3 is 23.8 Å². The summed E-state index contributed by atoms with van der Waals surface area (Å²) in [4.78, 5) is 29.4. The van der Waals surface area contributed by atoms with Gasteiger partial charge in [0.15, 0.2) is 0 Å². The number of rotatable bonds is 7. The zero-order valence-corrected chi connectivity index (χ0v) is 30.8. The van der Waals surface area contributed by atoms with Crippen molar-refractivity contribution in [1.82, 2.24) is 44.5 Å². The third-order valence-corrected chi connectivity index (χ3v) is 9.73. The van der Waals surface area contributed by atoms with Gasteiger partial charge in [-0.1, -0.05) is 0 Å². The fourth-order valence-electron chi connectivity index (χ4n) is 7.03. The molecule has 2 aromatic carbocycles. The minimum atomic E-state index is -0.112. The summed E-state index contributed by atoms with van der Waals surface area (Å²) >= 11 is 0. The van der Waals surface area contributed by atoms with E-state index in [1.165, 1.54) is 9.36 Å². The number of aryl methyl sites for hydroxylation is 2. The number of benzene rings is 2. The summed E-state index contributed by atoms with van der Waals surface area (Å²) in [7, 11) is 3.36. The summed E-state index contributed by atoms with van der Waals surface area (Å²) in [5, 5.41) is 25.9. The number of hydrogen-bond donors (Lipinski definition) is 2. The van der Waals surface area contributed by atoms with Crippen LogP contribution in [-0.2, 0) is 18.8 Å². The fourth-order valence-corrected chi connectivity index (χ4v) is 7.03. The third-order valence-electron chi connectivity index (χ3n) is 9.73. The lowest BCUT2D eigenvalue weighted by atomic mass is 10.1. The van der Waals surface area contributed by atoms with E-state index in [1.807, 2.05) is 85.4 Å². The Morgan fingerprint density at radius 1 is 0.704 bits per heavy atom. The van der Waals surface area contributed by atoms with Gasteiger partial charge in [-0.25, -0.2) is 9.36 Å². The van der Waals surface area contributed by atoms with Crippen molar-refractivity contribution in [3.63, 3.8) is 0 Å². The Labute approximate surface area is 310 Å². The predicted octanol–water partition coefficient (Wildman–Crippen LogP) is 4.66. The van der Waals surface area contributed by atoms with Gasteiger partial charge in [0.05, 0.1) is 30.4 Å². The summed E-state index contributed by atoms with van der Waals surface area (Å²) in [6, 6.07) is 19.6. The highest BCUT2D eigenvalue weighted by Gasteiger charge is 2.22. The molecule has 0 saturated carbocycles. The Kier molecular flexibility index (Phi) is 9.46. The molecule has 0 atom stereocenters. The van der Waals surface area contributed by atoms with Crippen molar-refractivity contribution >= 4 is 33.2 Å². The normalized spacial score (nSPS) is 14.6. The van der Waals surface area contributed by atoms with Crippen LogP contribution in [0.25, 0.3) is 50.3 Å². The number of morpholine rings is 1. The molecule has 0 unspecified atom stereocenters. The molecule has 15 heteroatoms. The second-order valence-corrected chi connectivity index (χ2v) is 13.8. The van der Waals surface area contributed by atoms with Crippen molar-refractivity contribution < 1.29 is 9.47 Å². The molecule has 0 amide bonds. The third kappa shape index (κ3) is 6.85. The molecule has 2 aliphatic heterocycles. The van der Waals surface area contributed by atoms with Gasteiger partial charge in [0.1, 0.15) is 39.9 Å². The van der Waals surface area contributed by atoms with Crippen molar-refractivity contribution in [3.05, 3.63) is 93.8 Å². The molecule has 278 valence electrons. The van der Waals surface area contributed by atoms with E-state index in [-0.39, 0.29) is 17.2 Å². The highest BCUT2D eigenvalue weighted by molar-refractivity contribution is 5.94. The van der Waals surface area contributed by atoms with E-state index in [4.69, 9.17) is 9.47 Å². The van der Waals surface area contributed by atoms with Crippen LogP contribution in [0, 0.1) is 0 Å². The summed E-state index contributed by atoms with van der Waals surface area (Å²) in [5.74, 6) is 0.791. The fraction of sp³-hybridized carbons (Fsp3) is 0.333. The summed E-state index contributed by atoms with van der Waals surface area (Å²) in [5.41, 5.74) is 6.83. The van der Waals surface area contributed by atoms with E-state index >= 15 is 0 Å². The minimum Gasteiger partial charge on any atom is -0.491 e. The Hall–Kier alpha value is -6.22. The van der Waals surface area contributed by atoms with E-state index in [0.717, 1.165) is 70.6 Å². The van der Waals surface area contributed by atoms with E-state index in [1.54, 1.807) is 14.1 Å². The Morgan fingerprint density at radius 3 is 1.81 bits per heavy atom. The molecule has 2 saturated heterocycles. The van der Waals surface area contributed by atoms with Crippen LogP contribution in [0.5, 0.6) is 5.75 Å². The summed E-state index contributed by atoms with van der Waals surface area (Å²) in [6.07, 6.45) is 6.33. The largest absolute Gasteiger partial charge is 0.491 e. The molecule has 9 rings (SSSR count). The van der Waals surface area contributed by atoms with E-state index in [9.17, 15) is 9.59 Å². The molecule has 0 radical (unpaired) electrons. The molecule has 2 fully saturated rings. The lowest BCUT2D eigenvalue weighted by Gasteiger charge is -2.28. The van der Waals surface area contributed by atoms with Gasteiger partial charge in [-0.3, -0.25) is 19.8 Å². The molecule has 7 heterocycles. The first-order valence-corrected chi connectivity index (χ1v) is 18.2. The van der Waals surface area contributed by atoms with Crippen molar-refractivity contribution in [2.75, 3.05) is 49.2 Å². The van der Waals surface area contributed by atoms with Gasteiger partial charge >= 0.3 is 0 Å². The van der Waals surface area contributed by atoms with Crippen molar-refractivity contribution in [2.45, 2.75) is 32.8 Å². The number of aromatic nitrogens is 9. The van der Waals surface area contributed by atoms with E-state index in [0.29, 0.717) is 49.1 Å². The van der Waals surface area contributed by atoms with Crippen LogP contribution in [-0.4, -0.2) is 90.0 Å². The first-order chi connectivity index (χ1) is 26.2. The average Bonchev–Trinajstić information content (AvgIpc) is 4.01. The van der Waals surface area contributed by atoms with Gasteiger partial charge in [-0.2, -0.15) is 20.4 Å². The number of nitrogens with one attached hydrogen (secondary N) is 2. The topological polar surface area (TPSA) is 157 Å². The number of H-pyrrole nitrogens is 2. The van der Waals surface area contributed by atoms with Crippen LogP contribution >= 0.6 is 0 Å². The maximum absolute atomic E-state index is 12.6. The molecule has 0 bridgehead atoms. The first-order valence-electron chi connectivity index (χ1n) is 18.2. The number of aromatic amines is 2. The number of anilines is 2. The van der Waals surface area contributed by atoms with Crippen LogP contribution in [0.3, 0.4) is 0 Å². The van der Waals surface area contributed by atoms with Crippen LogP contribution in [0.4, 0.5) is 11.4 Å². The monoisotopic (exact) mass is 729 g/mol. The van der Waals surface area contributed by atoms with Crippen LogP contribution in [0.2, 0.25) is 0 Å². The maximum Gasteiger partial charge on any atom is 0.290 e. The predicted molar refractivity (Wildman–Crippen MR) is 209 cm³/mol. The van der Waals surface area contributed by atoms with Gasteiger partial charge in [-0.05, 0) is 87.4 Å². The van der Waals surface area contributed by atoms with Crippen molar-refractivity contribution in [2.24, 2.45) is 14.1 Å². The standard InChI is InChI=1S/C20H20N6O2.C19H23N5O2/c1-24-20(27)18(26-8-10-28-11-9-26)13-17(23-24)19-15-12-14(25-6-2-3-7-25)4-5-16(15)21-22-19;1-12(2)26-13-6-7-15-14(10-13)18(21-20-15)16-11-17(19(25)23(3)22-16)24-8-4-5-9-24/h2-7,12-13H,8-11H2,1H3,(H,21,22);6-7,10-12H,4-5,8-9H2,1-3H3,(H,20,21). The molecule has 7 aromatic rings. The van der Waals surface area contributed by atoms with Gasteiger partial charge in [0.2, 0.25) is 0 Å². The molecule has 54 heavy (non-hydrogen) atoms. The molecule has 0 aliphatic carbocycles. The Balaban J connectivity index is 0.000000154. The lowest BCUT2D eigenvalue weighted by Crippen LogP contribution is -2.40. The maximum atomic E-state index is 12.6. The Morgan fingerprint density at radius 2 is 1.24 bits per heavy atom. The zero-order valence-electron chi connectivity index (χ0n) is 30.8. The number of fused-ring (bicyclic) bond motifs is 2. The zero-order chi connectivity index (χ0) is 37.3. The second kappa shape index (κ2) is 14.7. The van der Waals surface area contributed by atoms with Gasteiger partial charge in [0, 0.05) is 69.1 Å². The highest BCUT2D eigenvalue weighted by Crippen LogP contribution is 2.31. The van der Waals surface area contributed by atoms with E-state index in [2.05, 4.69) is 46.5 Å². The SMILES string of the molecule is CC(C)Oc1ccc2[nH]nc(-c3cc(N4CCCC4)c(=O)n(C)n3)c2c1.Cn1nc(-c2n[nH]c3ccc(-n4cccc4)cc23)cc(N2CCOCC2)c1=O. The number of ether oxygens (including phenoxy) is 2. The quantitative estimate of drug-likeness (QED) is 0.237. The average molecular weight is 730 g/mol. The second-order valence-electron chi connectivity index (χ2n) is 13.8. The van der Waals surface area contributed by atoms with Crippen molar-refractivity contribution in [1.29, 1.82) is 0 Å². The molecule has 5 aromatic heterocycles. The lowest BCUT2D eigenvalue weighted by molar-refractivity contribution is 0.122. The first kappa shape index (κ1) is 34.8. The summed E-state index contributed by atoms with van der Waals surface area (Å²) < 4.78 is 16.1. The molecule has 0 spiro atoms. The molecule has 2 N–H and O–H groups in total. The number of hydrogen-bond acceptors (Lipinski definition) is 10. The summed E-state index contributed by atoms with van der Waals surface area (Å²) in [6.45, 7) is 8.43. The minimum absolute atomic E-state index is 0.0701. The molecular formula is C39H43N11O4. The molecule has 2 aliphatic rings. The number of nitrogens with zero attached hydrogens (tertiary/aromatic N) is 9. The van der Waals surface area contributed by atoms with E-state index < -0.39 is 0 Å². The van der Waals surface area contributed by atoms with Crippen LogP contribution in [0.15, 0.2) is 82.6 Å². The molecular weight excluding hydrogens is 687 g/mol. The molecule has 15 nitrogen and oxygen atoms in total. The van der Waals surface area contributed by atoms with Crippen LogP contribution in [0.1, 0.15) is 26.7 Å². The smallest absolute Gasteiger partial charge is 0.290 e. The van der Waals surface area contributed by atoms with Gasteiger partial charge in [0.25, 0.3) is 11.1 Å². The van der Waals surface area contributed by atoms with Crippen LogP contribution < -0.4 is 25.7 Å². The van der Waals surface area contributed by atoms with Gasteiger partial charge in [-0.15, -0.1) is 0 Å². The highest BCUT2D eigenvalue weighted by atomic mass is 16.5.